The normalized spacial score (nSPS) is 23.7. The average molecular weight is 548 g/mol. The molecule has 39 heavy (non-hydrogen) atoms. The number of nitriles is 1. The summed E-state index contributed by atoms with van der Waals surface area (Å²) in [4.78, 5) is 27.7. The first-order valence-electron chi connectivity index (χ1n) is 12.5. The smallest absolute Gasteiger partial charge is 0.322 e. The molecule has 2 unspecified atom stereocenters. The number of amides is 3. The highest BCUT2D eigenvalue weighted by Crippen LogP contribution is 2.56. The number of urea groups is 1. The number of hydrogen-bond acceptors (Lipinski definition) is 5. The summed E-state index contributed by atoms with van der Waals surface area (Å²) in [7, 11) is 1.52. The molecule has 8 nitrogen and oxygen atoms in total. The molecule has 5 rings (SSSR count). The second kappa shape index (κ2) is 10.7. The first-order valence-corrected chi connectivity index (χ1v) is 12.9. The Bertz CT molecular complexity index is 1460. The Morgan fingerprint density at radius 1 is 1.15 bits per heavy atom. The van der Waals surface area contributed by atoms with Gasteiger partial charge in [-0.05, 0) is 66.1 Å². The summed E-state index contributed by atoms with van der Waals surface area (Å²) in [6.45, 7) is 0.204. The number of likely N-dealkylation sites (tertiary alicyclic amines) is 1. The van der Waals surface area contributed by atoms with E-state index in [-0.39, 0.29) is 30.7 Å². The molecule has 3 aromatic rings. The molecule has 0 bridgehead atoms. The summed E-state index contributed by atoms with van der Waals surface area (Å²) in [5.74, 6) is -1.22. The number of nitrogens with zero attached hydrogens (tertiary/aromatic N) is 2. The quantitative estimate of drug-likeness (QED) is 0.403. The summed E-state index contributed by atoms with van der Waals surface area (Å²) in [5, 5.41) is 15.2. The molecule has 4 atom stereocenters. The van der Waals surface area contributed by atoms with Crippen LogP contribution >= 0.6 is 11.6 Å². The molecule has 10 heteroatoms. The number of ether oxygens (including phenoxy) is 1. The van der Waals surface area contributed by atoms with Gasteiger partial charge in [0, 0.05) is 42.2 Å². The van der Waals surface area contributed by atoms with Gasteiger partial charge in [0.05, 0.1) is 23.4 Å². The highest BCUT2D eigenvalue weighted by Gasteiger charge is 2.53. The van der Waals surface area contributed by atoms with Gasteiger partial charge in [0.1, 0.15) is 11.9 Å². The van der Waals surface area contributed by atoms with Crippen LogP contribution in [0.4, 0.5) is 20.6 Å². The zero-order valence-electron chi connectivity index (χ0n) is 21.2. The fraction of sp³-hybridized carbons (Fsp3) is 0.276. The van der Waals surface area contributed by atoms with Crippen molar-refractivity contribution < 1.29 is 18.7 Å². The molecule has 1 saturated heterocycles. The number of nitrogens with two attached hydrogens (primary N) is 1. The van der Waals surface area contributed by atoms with E-state index >= 15 is 0 Å². The molecular formula is C29H27ClFN5O3. The number of methoxy groups -OCH3 is 1. The van der Waals surface area contributed by atoms with E-state index in [1.807, 2.05) is 6.07 Å². The maximum atomic E-state index is 14.8. The van der Waals surface area contributed by atoms with Crippen LogP contribution in [0.5, 0.6) is 0 Å². The summed E-state index contributed by atoms with van der Waals surface area (Å²) in [5.41, 5.74) is 8.63. The van der Waals surface area contributed by atoms with Crippen molar-refractivity contribution in [3.8, 4) is 6.07 Å². The zero-order valence-corrected chi connectivity index (χ0v) is 21.9. The molecule has 1 aliphatic heterocycles. The summed E-state index contributed by atoms with van der Waals surface area (Å²) >= 11 is 5.92. The van der Waals surface area contributed by atoms with Crippen molar-refractivity contribution in [2.24, 2.45) is 5.73 Å². The predicted octanol–water partition coefficient (Wildman–Crippen LogP) is 4.95. The Morgan fingerprint density at radius 3 is 2.64 bits per heavy atom. The van der Waals surface area contributed by atoms with E-state index in [0.717, 1.165) is 11.1 Å². The van der Waals surface area contributed by atoms with E-state index in [0.29, 0.717) is 22.7 Å². The van der Waals surface area contributed by atoms with E-state index in [1.54, 1.807) is 54.6 Å². The van der Waals surface area contributed by atoms with Crippen molar-refractivity contribution in [1.82, 2.24) is 4.90 Å². The first-order chi connectivity index (χ1) is 18.7. The van der Waals surface area contributed by atoms with Gasteiger partial charge in [-0.15, -0.1) is 0 Å². The molecular weight excluding hydrogens is 521 g/mol. The maximum absolute atomic E-state index is 14.8. The lowest BCUT2D eigenvalue weighted by Crippen LogP contribution is -2.45. The molecule has 1 heterocycles. The van der Waals surface area contributed by atoms with Gasteiger partial charge < -0.3 is 26.0 Å². The van der Waals surface area contributed by atoms with Crippen LogP contribution in [0.25, 0.3) is 0 Å². The van der Waals surface area contributed by atoms with Gasteiger partial charge in [0.25, 0.3) is 0 Å². The van der Waals surface area contributed by atoms with E-state index in [9.17, 15) is 19.2 Å². The maximum Gasteiger partial charge on any atom is 0.322 e. The van der Waals surface area contributed by atoms with Crippen molar-refractivity contribution in [1.29, 1.82) is 5.26 Å². The second-order valence-electron chi connectivity index (χ2n) is 9.92. The van der Waals surface area contributed by atoms with Gasteiger partial charge >= 0.3 is 6.03 Å². The predicted molar refractivity (Wildman–Crippen MR) is 146 cm³/mol. The van der Waals surface area contributed by atoms with Gasteiger partial charge in [-0.2, -0.15) is 5.26 Å². The minimum Gasteiger partial charge on any atom is -0.380 e. The molecule has 3 amide bonds. The lowest BCUT2D eigenvalue weighted by Gasteiger charge is -2.24. The number of anilines is 2. The van der Waals surface area contributed by atoms with E-state index in [4.69, 9.17) is 22.1 Å². The Balaban J connectivity index is 1.32. The highest BCUT2D eigenvalue weighted by molar-refractivity contribution is 6.30. The van der Waals surface area contributed by atoms with Gasteiger partial charge in [-0.1, -0.05) is 29.8 Å². The number of halogens is 2. The number of nitrogens with one attached hydrogen (secondary N) is 2. The monoisotopic (exact) mass is 547 g/mol. The third kappa shape index (κ3) is 5.45. The molecule has 2 fully saturated rings. The number of rotatable bonds is 6. The van der Waals surface area contributed by atoms with E-state index in [1.165, 1.54) is 18.1 Å². The number of benzene rings is 3. The molecule has 2 aliphatic rings. The van der Waals surface area contributed by atoms with Crippen molar-refractivity contribution in [3.05, 3.63) is 94.3 Å². The van der Waals surface area contributed by atoms with Crippen LogP contribution in [0.2, 0.25) is 5.02 Å². The number of carbonyl (C=O) groups is 2. The summed E-state index contributed by atoms with van der Waals surface area (Å²) < 4.78 is 20.2. The van der Waals surface area contributed by atoms with E-state index < -0.39 is 29.3 Å². The SMILES string of the molecule is CO[C@@H]1C[C@H](C(=O)Nc2cc(C3CC3(N)c3cccc(C#N)c3)ccc2F)N(C(=O)Nc2ccc(Cl)cc2)C1. The largest absolute Gasteiger partial charge is 0.380 e. The Morgan fingerprint density at radius 2 is 1.92 bits per heavy atom. The fourth-order valence-corrected chi connectivity index (χ4v) is 5.26. The molecule has 0 radical (unpaired) electrons. The number of hydrogen-bond donors (Lipinski definition) is 3. The molecule has 1 aliphatic carbocycles. The second-order valence-corrected chi connectivity index (χ2v) is 10.4. The van der Waals surface area contributed by atoms with Crippen LogP contribution in [0.15, 0.2) is 66.7 Å². The molecule has 4 N–H and O–H groups in total. The first kappa shape index (κ1) is 26.6. The van der Waals surface area contributed by atoms with Crippen molar-refractivity contribution >= 4 is 34.9 Å². The average Bonchev–Trinajstić information content (AvgIpc) is 3.44. The topological polar surface area (TPSA) is 120 Å². The summed E-state index contributed by atoms with van der Waals surface area (Å²) in [6.07, 6.45) is 0.542. The van der Waals surface area contributed by atoms with Crippen molar-refractivity contribution in [3.63, 3.8) is 0 Å². The standard InChI is InChI=1S/C29H27ClFN5O3/c1-39-22-13-26(36(16-22)28(38)34-21-8-6-20(30)7-9-21)27(37)35-25-12-18(5-10-24(25)31)23-14-29(23,33)19-4-2-3-17(11-19)15-32/h2-12,22-23,26H,13-14,16,33H2,1H3,(H,34,38)(H,35,37)/t22-,23?,26-,29?/m1/s1. The molecule has 1 saturated carbocycles. The Labute approximate surface area is 230 Å². The lowest BCUT2D eigenvalue weighted by atomic mass is 9.97. The lowest BCUT2D eigenvalue weighted by molar-refractivity contribution is -0.119. The third-order valence-corrected chi connectivity index (χ3v) is 7.69. The Kier molecular flexibility index (Phi) is 7.28. The van der Waals surface area contributed by atoms with Gasteiger partial charge in [0.2, 0.25) is 5.91 Å². The van der Waals surface area contributed by atoms with Gasteiger partial charge in [-0.25, -0.2) is 9.18 Å². The number of carbonyl (C=O) groups excluding carboxylic acids is 2. The van der Waals surface area contributed by atoms with E-state index in [2.05, 4.69) is 16.7 Å². The molecule has 200 valence electrons. The van der Waals surface area contributed by atoms with Gasteiger partial charge in [0.15, 0.2) is 0 Å². The fourth-order valence-electron chi connectivity index (χ4n) is 5.13. The molecule has 0 aromatic heterocycles. The summed E-state index contributed by atoms with van der Waals surface area (Å²) in [6, 6.07) is 19.1. The minimum atomic E-state index is -0.867. The minimum absolute atomic E-state index is 0.0106. The van der Waals surface area contributed by atoms with Crippen LogP contribution < -0.4 is 16.4 Å². The van der Waals surface area contributed by atoms with Crippen LogP contribution in [-0.2, 0) is 15.1 Å². The molecule has 3 aromatic carbocycles. The molecule has 0 spiro atoms. The van der Waals surface area contributed by atoms with Crippen molar-refractivity contribution in [2.75, 3.05) is 24.3 Å². The highest BCUT2D eigenvalue weighted by atomic mass is 35.5. The van der Waals surface area contributed by atoms with Crippen molar-refractivity contribution in [2.45, 2.75) is 36.4 Å². The Hall–Kier alpha value is -3.97. The third-order valence-electron chi connectivity index (χ3n) is 7.44. The van der Waals surface area contributed by atoms with Crippen LogP contribution in [0.1, 0.15) is 35.4 Å². The van der Waals surface area contributed by atoms with Gasteiger partial charge in [-0.3, -0.25) is 4.79 Å². The van der Waals surface area contributed by atoms with Crippen LogP contribution in [-0.4, -0.2) is 42.6 Å². The zero-order chi connectivity index (χ0) is 27.7. The van der Waals surface area contributed by atoms with Crippen LogP contribution in [0.3, 0.4) is 0 Å². The van der Waals surface area contributed by atoms with Crippen LogP contribution in [0, 0.1) is 17.1 Å².